The molecule has 2 aromatic carbocycles. The summed E-state index contributed by atoms with van der Waals surface area (Å²) in [6.45, 7) is 9.95. The summed E-state index contributed by atoms with van der Waals surface area (Å²) < 4.78 is 28.0. The van der Waals surface area contributed by atoms with Gasteiger partial charge in [0.15, 0.2) is 0 Å². The third kappa shape index (κ3) is 5.31. The number of benzene rings is 2. The number of anilines is 1. The molecule has 2 rings (SSSR count). The van der Waals surface area contributed by atoms with Gasteiger partial charge in [-0.25, -0.2) is 13.1 Å². The zero-order valence-corrected chi connectivity index (χ0v) is 17.5. The maximum Gasteiger partial charge on any atom is 0.240 e. The van der Waals surface area contributed by atoms with Gasteiger partial charge in [0.05, 0.1) is 4.90 Å². The molecule has 2 aromatic rings. The SMILES string of the molecule is Cc1ccccc1CNc1ccc(S(=O)(=O)NC(C)C(C)(C)CO)cc1C. The molecule has 0 aliphatic heterocycles. The summed E-state index contributed by atoms with van der Waals surface area (Å²) in [5.41, 5.74) is 3.64. The van der Waals surface area contributed by atoms with E-state index in [-0.39, 0.29) is 11.5 Å². The van der Waals surface area contributed by atoms with E-state index in [9.17, 15) is 13.5 Å². The van der Waals surface area contributed by atoms with Crippen molar-refractivity contribution in [3.05, 3.63) is 59.2 Å². The average Bonchev–Trinajstić information content (AvgIpc) is 2.61. The second kappa shape index (κ2) is 8.42. The zero-order chi connectivity index (χ0) is 20.2. The standard InChI is InChI=1S/C21H30N2O3S/c1-15-8-6-7-9-18(15)13-22-20-11-10-19(12-16(20)2)27(25,26)23-17(3)21(4,5)14-24/h6-12,17,22-24H,13-14H2,1-5H3. The first-order chi connectivity index (χ1) is 12.6. The van der Waals surface area contributed by atoms with E-state index >= 15 is 0 Å². The summed E-state index contributed by atoms with van der Waals surface area (Å²) in [6.07, 6.45) is 0. The van der Waals surface area contributed by atoms with Crippen LogP contribution >= 0.6 is 0 Å². The topological polar surface area (TPSA) is 78.4 Å². The fourth-order valence-corrected chi connectivity index (χ4v) is 4.10. The number of aliphatic hydroxyl groups excluding tert-OH is 1. The number of rotatable bonds is 8. The molecule has 0 fully saturated rings. The van der Waals surface area contributed by atoms with Crippen molar-refractivity contribution in [1.29, 1.82) is 0 Å². The lowest BCUT2D eigenvalue weighted by molar-refractivity contribution is 0.132. The predicted molar refractivity (Wildman–Crippen MR) is 110 cm³/mol. The molecule has 3 N–H and O–H groups in total. The van der Waals surface area contributed by atoms with Crippen LogP contribution in [0.1, 0.15) is 37.5 Å². The maximum absolute atomic E-state index is 12.7. The van der Waals surface area contributed by atoms with Crippen LogP contribution in [0.5, 0.6) is 0 Å². The van der Waals surface area contributed by atoms with Crippen LogP contribution < -0.4 is 10.0 Å². The summed E-state index contributed by atoms with van der Waals surface area (Å²) in [5, 5.41) is 12.8. The Bertz CT molecular complexity index is 892. The van der Waals surface area contributed by atoms with E-state index in [0.29, 0.717) is 6.54 Å². The van der Waals surface area contributed by atoms with Gasteiger partial charge in [-0.05, 0) is 55.7 Å². The van der Waals surface area contributed by atoms with E-state index in [1.165, 1.54) is 11.1 Å². The number of hydrogen-bond donors (Lipinski definition) is 3. The number of aliphatic hydroxyl groups is 1. The highest BCUT2D eigenvalue weighted by atomic mass is 32.2. The zero-order valence-electron chi connectivity index (χ0n) is 16.7. The van der Waals surface area contributed by atoms with E-state index in [0.717, 1.165) is 11.3 Å². The van der Waals surface area contributed by atoms with Crippen LogP contribution in [0.15, 0.2) is 47.4 Å². The number of sulfonamides is 1. The normalized spacial score (nSPS) is 13.4. The minimum atomic E-state index is -3.65. The molecule has 6 heteroatoms. The van der Waals surface area contributed by atoms with Crippen molar-refractivity contribution in [3.63, 3.8) is 0 Å². The van der Waals surface area contributed by atoms with Gasteiger partial charge in [0, 0.05) is 30.3 Å². The highest BCUT2D eigenvalue weighted by Crippen LogP contribution is 2.24. The second-order valence-corrected chi connectivity index (χ2v) is 9.46. The van der Waals surface area contributed by atoms with Gasteiger partial charge in [0.25, 0.3) is 0 Å². The molecule has 0 spiro atoms. The van der Waals surface area contributed by atoms with Crippen LogP contribution in [0.2, 0.25) is 0 Å². The van der Waals surface area contributed by atoms with E-state index in [4.69, 9.17) is 0 Å². The van der Waals surface area contributed by atoms with Gasteiger partial charge in [0.1, 0.15) is 0 Å². The largest absolute Gasteiger partial charge is 0.396 e. The van der Waals surface area contributed by atoms with Crippen LogP contribution in [0, 0.1) is 19.3 Å². The lowest BCUT2D eigenvalue weighted by atomic mass is 9.87. The predicted octanol–water partition coefficient (Wildman–Crippen LogP) is 3.60. The maximum atomic E-state index is 12.7. The Hall–Kier alpha value is -1.89. The average molecular weight is 391 g/mol. The molecule has 0 saturated carbocycles. The third-order valence-corrected chi connectivity index (χ3v) is 6.69. The molecule has 0 aliphatic rings. The van der Waals surface area contributed by atoms with Crippen LogP contribution in [-0.2, 0) is 16.6 Å². The summed E-state index contributed by atoms with van der Waals surface area (Å²) in [7, 11) is -3.65. The van der Waals surface area contributed by atoms with Crippen molar-refractivity contribution in [2.45, 2.75) is 52.1 Å². The molecular weight excluding hydrogens is 360 g/mol. The van der Waals surface area contributed by atoms with Gasteiger partial charge in [-0.15, -0.1) is 0 Å². The first kappa shape index (κ1) is 21.4. The summed E-state index contributed by atoms with van der Waals surface area (Å²) in [5.74, 6) is 0. The van der Waals surface area contributed by atoms with Gasteiger partial charge in [-0.2, -0.15) is 0 Å². The fourth-order valence-electron chi connectivity index (χ4n) is 2.60. The minimum absolute atomic E-state index is 0.0997. The number of nitrogens with one attached hydrogen (secondary N) is 2. The first-order valence-electron chi connectivity index (χ1n) is 9.09. The molecule has 0 radical (unpaired) electrons. The Morgan fingerprint density at radius 2 is 1.74 bits per heavy atom. The molecule has 0 saturated heterocycles. The molecule has 5 nitrogen and oxygen atoms in total. The minimum Gasteiger partial charge on any atom is -0.396 e. The van der Waals surface area contributed by atoms with Crippen LogP contribution in [0.25, 0.3) is 0 Å². The van der Waals surface area contributed by atoms with E-state index in [2.05, 4.69) is 29.1 Å². The Morgan fingerprint density at radius 1 is 1.07 bits per heavy atom. The second-order valence-electron chi connectivity index (χ2n) is 7.75. The fraction of sp³-hybridized carbons (Fsp3) is 0.429. The first-order valence-corrected chi connectivity index (χ1v) is 10.6. The van der Waals surface area contributed by atoms with Crippen molar-refractivity contribution >= 4 is 15.7 Å². The van der Waals surface area contributed by atoms with Gasteiger partial charge in [-0.3, -0.25) is 0 Å². The lowest BCUT2D eigenvalue weighted by Gasteiger charge is -2.30. The van der Waals surface area contributed by atoms with E-state index in [1.807, 2.05) is 32.9 Å². The molecule has 0 bridgehead atoms. The van der Waals surface area contributed by atoms with Crippen molar-refractivity contribution in [1.82, 2.24) is 4.72 Å². The van der Waals surface area contributed by atoms with Crippen molar-refractivity contribution in [3.8, 4) is 0 Å². The van der Waals surface area contributed by atoms with Gasteiger partial charge in [0.2, 0.25) is 10.0 Å². The number of hydrogen-bond acceptors (Lipinski definition) is 4. The summed E-state index contributed by atoms with van der Waals surface area (Å²) in [6, 6.07) is 12.8. The van der Waals surface area contributed by atoms with Crippen molar-refractivity contribution in [2.24, 2.45) is 5.41 Å². The molecule has 1 unspecified atom stereocenters. The quantitative estimate of drug-likeness (QED) is 0.643. The molecule has 0 aliphatic carbocycles. The Labute approximate surface area is 162 Å². The highest BCUT2D eigenvalue weighted by molar-refractivity contribution is 7.89. The molecular formula is C21H30N2O3S. The van der Waals surface area contributed by atoms with Crippen LogP contribution in [-0.4, -0.2) is 26.2 Å². The molecule has 0 aromatic heterocycles. The monoisotopic (exact) mass is 390 g/mol. The van der Waals surface area contributed by atoms with Gasteiger partial charge in [-0.1, -0.05) is 38.1 Å². The van der Waals surface area contributed by atoms with Crippen LogP contribution in [0.4, 0.5) is 5.69 Å². The van der Waals surface area contributed by atoms with Gasteiger partial charge < -0.3 is 10.4 Å². The molecule has 27 heavy (non-hydrogen) atoms. The smallest absolute Gasteiger partial charge is 0.240 e. The Kier molecular flexibility index (Phi) is 6.68. The summed E-state index contributed by atoms with van der Waals surface area (Å²) in [4.78, 5) is 0.224. The van der Waals surface area contributed by atoms with Crippen molar-refractivity contribution in [2.75, 3.05) is 11.9 Å². The highest BCUT2D eigenvalue weighted by Gasteiger charge is 2.29. The van der Waals surface area contributed by atoms with Crippen LogP contribution in [0.3, 0.4) is 0 Å². The third-order valence-electron chi connectivity index (χ3n) is 5.15. The van der Waals surface area contributed by atoms with Gasteiger partial charge >= 0.3 is 0 Å². The van der Waals surface area contributed by atoms with E-state index < -0.39 is 21.5 Å². The Morgan fingerprint density at radius 3 is 2.33 bits per heavy atom. The summed E-state index contributed by atoms with van der Waals surface area (Å²) >= 11 is 0. The molecule has 0 heterocycles. The number of aryl methyl sites for hydroxylation is 2. The lowest BCUT2D eigenvalue weighted by Crippen LogP contribution is -2.44. The molecule has 0 amide bonds. The molecule has 1 atom stereocenters. The van der Waals surface area contributed by atoms with Crippen molar-refractivity contribution < 1.29 is 13.5 Å². The molecule has 148 valence electrons. The Balaban J connectivity index is 2.14. The van der Waals surface area contributed by atoms with E-state index in [1.54, 1.807) is 25.1 Å².